The number of hydrogen-bond donors (Lipinski definition) is 2. The van der Waals surface area contributed by atoms with E-state index in [9.17, 15) is 4.79 Å². The van der Waals surface area contributed by atoms with E-state index in [1.807, 2.05) is 31.2 Å². The van der Waals surface area contributed by atoms with Gasteiger partial charge in [-0.3, -0.25) is 4.79 Å². The highest BCUT2D eigenvalue weighted by Gasteiger charge is 2.05. The van der Waals surface area contributed by atoms with Gasteiger partial charge >= 0.3 is 0 Å². The van der Waals surface area contributed by atoms with Crippen LogP contribution in [0, 0.1) is 0 Å². The number of hydrogen-bond acceptors (Lipinski definition) is 2. The molecule has 0 fully saturated rings. The van der Waals surface area contributed by atoms with Crippen molar-refractivity contribution in [3.63, 3.8) is 0 Å². The first-order valence-electron chi connectivity index (χ1n) is 6.10. The Labute approximate surface area is 117 Å². The molecule has 1 amide bonds. The lowest BCUT2D eigenvalue weighted by molar-refractivity contribution is 0.102. The predicted octanol–water partition coefficient (Wildman–Crippen LogP) is 4.02. The Morgan fingerprint density at radius 1 is 1.00 bits per heavy atom. The van der Waals surface area contributed by atoms with Crippen molar-refractivity contribution in [1.29, 1.82) is 0 Å². The third-order valence-corrected chi connectivity index (χ3v) is 2.88. The van der Waals surface area contributed by atoms with Crippen molar-refractivity contribution in [3.8, 4) is 0 Å². The Bertz CT molecular complexity index is 549. The summed E-state index contributed by atoms with van der Waals surface area (Å²) in [7, 11) is 0. The average molecular weight is 275 g/mol. The fraction of sp³-hybridized carbons (Fsp3) is 0.133. The van der Waals surface area contributed by atoms with Crippen LogP contribution >= 0.6 is 11.6 Å². The normalized spacial score (nSPS) is 10.0. The van der Waals surface area contributed by atoms with Gasteiger partial charge in [-0.15, -0.1) is 0 Å². The van der Waals surface area contributed by atoms with Gasteiger partial charge in [0.2, 0.25) is 0 Å². The molecule has 0 aliphatic carbocycles. The highest BCUT2D eigenvalue weighted by Crippen LogP contribution is 2.15. The van der Waals surface area contributed by atoms with E-state index in [1.54, 1.807) is 24.3 Å². The van der Waals surface area contributed by atoms with Gasteiger partial charge in [0, 0.05) is 28.5 Å². The maximum atomic E-state index is 12.0. The lowest BCUT2D eigenvalue weighted by Crippen LogP contribution is -2.11. The van der Waals surface area contributed by atoms with Gasteiger partial charge < -0.3 is 10.6 Å². The molecule has 0 unspecified atom stereocenters. The van der Waals surface area contributed by atoms with Crippen LogP contribution in [0.2, 0.25) is 5.02 Å². The molecule has 2 aromatic rings. The van der Waals surface area contributed by atoms with E-state index in [0.29, 0.717) is 10.6 Å². The van der Waals surface area contributed by atoms with Crippen LogP contribution < -0.4 is 10.6 Å². The van der Waals surface area contributed by atoms with Gasteiger partial charge in [-0.05, 0) is 55.5 Å². The molecule has 0 atom stereocenters. The Morgan fingerprint density at radius 2 is 1.58 bits per heavy atom. The average Bonchev–Trinajstić information content (AvgIpc) is 2.42. The summed E-state index contributed by atoms with van der Waals surface area (Å²) >= 11 is 5.79. The first-order chi connectivity index (χ1) is 9.19. The van der Waals surface area contributed by atoms with Crippen LogP contribution in [0.4, 0.5) is 11.4 Å². The van der Waals surface area contributed by atoms with Crippen LogP contribution in [-0.2, 0) is 0 Å². The van der Waals surface area contributed by atoms with E-state index < -0.39 is 0 Å². The maximum absolute atomic E-state index is 12.0. The number of benzene rings is 2. The fourth-order valence-electron chi connectivity index (χ4n) is 1.68. The maximum Gasteiger partial charge on any atom is 0.255 e. The van der Waals surface area contributed by atoms with Crippen molar-refractivity contribution >= 4 is 28.9 Å². The number of amides is 1. The number of carbonyl (C=O) groups excluding carboxylic acids is 1. The molecule has 98 valence electrons. The molecule has 4 heteroatoms. The standard InChI is InChI=1S/C15H15ClN2O/c1-2-17-13-7-9-14(10-8-13)18-15(19)11-3-5-12(16)6-4-11/h3-10,17H,2H2,1H3,(H,18,19). The zero-order chi connectivity index (χ0) is 13.7. The largest absolute Gasteiger partial charge is 0.385 e. The predicted molar refractivity (Wildman–Crippen MR) is 80.0 cm³/mol. The first-order valence-corrected chi connectivity index (χ1v) is 6.47. The molecule has 0 saturated carbocycles. The molecule has 0 aliphatic rings. The van der Waals surface area contributed by atoms with Crippen LogP contribution in [0.5, 0.6) is 0 Å². The molecule has 3 nitrogen and oxygen atoms in total. The van der Waals surface area contributed by atoms with Gasteiger partial charge in [-0.1, -0.05) is 11.6 Å². The Hall–Kier alpha value is -2.00. The minimum Gasteiger partial charge on any atom is -0.385 e. The molecular formula is C15H15ClN2O. The van der Waals surface area contributed by atoms with Gasteiger partial charge in [0.15, 0.2) is 0 Å². The smallest absolute Gasteiger partial charge is 0.255 e. The summed E-state index contributed by atoms with van der Waals surface area (Å²) in [6.45, 7) is 2.91. The molecule has 2 rings (SSSR count). The van der Waals surface area contributed by atoms with Crippen LogP contribution in [0.3, 0.4) is 0 Å². The summed E-state index contributed by atoms with van der Waals surface area (Å²) in [5, 5.41) is 6.65. The third-order valence-electron chi connectivity index (χ3n) is 2.63. The van der Waals surface area contributed by atoms with Gasteiger partial charge in [0.1, 0.15) is 0 Å². The van der Waals surface area contributed by atoms with Crippen molar-refractivity contribution in [2.75, 3.05) is 17.2 Å². The molecule has 0 heterocycles. The minimum atomic E-state index is -0.145. The molecular weight excluding hydrogens is 260 g/mol. The second kappa shape index (κ2) is 6.25. The van der Waals surface area contributed by atoms with E-state index in [1.165, 1.54) is 0 Å². The third kappa shape index (κ3) is 3.73. The summed E-state index contributed by atoms with van der Waals surface area (Å²) in [5.41, 5.74) is 2.38. The quantitative estimate of drug-likeness (QED) is 0.884. The molecule has 2 N–H and O–H groups in total. The first kappa shape index (κ1) is 13.4. The molecule has 2 aromatic carbocycles. The number of nitrogens with one attached hydrogen (secondary N) is 2. The van der Waals surface area contributed by atoms with Gasteiger partial charge in [-0.25, -0.2) is 0 Å². The minimum absolute atomic E-state index is 0.145. The van der Waals surface area contributed by atoms with Gasteiger partial charge in [0.25, 0.3) is 5.91 Å². The van der Waals surface area contributed by atoms with Crippen LogP contribution in [0.1, 0.15) is 17.3 Å². The SMILES string of the molecule is CCNc1ccc(NC(=O)c2ccc(Cl)cc2)cc1. The zero-order valence-corrected chi connectivity index (χ0v) is 11.4. The second-order valence-corrected chi connectivity index (χ2v) is 4.51. The Morgan fingerprint density at radius 3 is 2.16 bits per heavy atom. The fourth-order valence-corrected chi connectivity index (χ4v) is 1.81. The highest BCUT2D eigenvalue weighted by molar-refractivity contribution is 6.30. The monoisotopic (exact) mass is 274 g/mol. The second-order valence-electron chi connectivity index (χ2n) is 4.07. The topological polar surface area (TPSA) is 41.1 Å². The summed E-state index contributed by atoms with van der Waals surface area (Å²) in [4.78, 5) is 12.0. The Kier molecular flexibility index (Phi) is 4.42. The van der Waals surface area contributed by atoms with E-state index in [2.05, 4.69) is 10.6 Å². The van der Waals surface area contributed by atoms with Crippen molar-refractivity contribution in [3.05, 3.63) is 59.1 Å². The summed E-state index contributed by atoms with van der Waals surface area (Å²) in [5.74, 6) is -0.145. The molecule has 0 aromatic heterocycles. The lowest BCUT2D eigenvalue weighted by Gasteiger charge is -2.07. The number of halogens is 1. The van der Waals surface area contributed by atoms with Crippen molar-refractivity contribution in [2.24, 2.45) is 0 Å². The molecule has 0 spiro atoms. The summed E-state index contributed by atoms with van der Waals surface area (Å²) in [6, 6.07) is 14.4. The summed E-state index contributed by atoms with van der Waals surface area (Å²) < 4.78 is 0. The molecule has 0 bridgehead atoms. The number of anilines is 2. The van der Waals surface area contributed by atoms with Crippen LogP contribution in [0.15, 0.2) is 48.5 Å². The van der Waals surface area contributed by atoms with E-state index in [-0.39, 0.29) is 5.91 Å². The van der Waals surface area contributed by atoms with Gasteiger partial charge in [-0.2, -0.15) is 0 Å². The highest BCUT2D eigenvalue weighted by atomic mass is 35.5. The van der Waals surface area contributed by atoms with Crippen LogP contribution in [0.25, 0.3) is 0 Å². The van der Waals surface area contributed by atoms with Gasteiger partial charge in [0.05, 0.1) is 0 Å². The Balaban J connectivity index is 2.04. The zero-order valence-electron chi connectivity index (χ0n) is 10.6. The van der Waals surface area contributed by atoms with Crippen molar-refractivity contribution in [2.45, 2.75) is 6.92 Å². The number of carbonyl (C=O) groups is 1. The van der Waals surface area contributed by atoms with E-state index in [0.717, 1.165) is 17.9 Å². The van der Waals surface area contributed by atoms with Crippen molar-refractivity contribution in [1.82, 2.24) is 0 Å². The number of rotatable bonds is 4. The molecule has 0 aliphatic heterocycles. The summed E-state index contributed by atoms with van der Waals surface area (Å²) in [6.07, 6.45) is 0. The lowest BCUT2D eigenvalue weighted by atomic mass is 10.2. The van der Waals surface area contributed by atoms with Crippen molar-refractivity contribution < 1.29 is 4.79 Å². The molecule has 19 heavy (non-hydrogen) atoms. The molecule has 0 radical (unpaired) electrons. The van der Waals surface area contributed by atoms with E-state index in [4.69, 9.17) is 11.6 Å². The van der Waals surface area contributed by atoms with Crippen LogP contribution in [-0.4, -0.2) is 12.5 Å². The van der Waals surface area contributed by atoms with E-state index >= 15 is 0 Å². The molecule has 0 saturated heterocycles.